The standard InChI is InChI=1S/C22H20O6/c23-21(24)18-7-3-4-8-19(18)27-12-11-26-14-9-10-16-15-5-1-2-6-17(15)22(25)28-20(16)13-14/h3-4,7-10,13H,1-2,5-6,11-12H2,(H,23,24). The summed E-state index contributed by atoms with van der Waals surface area (Å²) in [4.78, 5) is 23.4. The second-order valence-corrected chi connectivity index (χ2v) is 6.71. The number of para-hydroxylation sites is 1. The number of fused-ring (bicyclic) bond motifs is 3. The summed E-state index contributed by atoms with van der Waals surface area (Å²) in [5.74, 6) is -0.166. The minimum Gasteiger partial charge on any atom is -0.490 e. The maximum atomic E-state index is 12.2. The van der Waals surface area contributed by atoms with Gasteiger partial charge in [-0.25, -0.2) is 9.59 Å². The summed E-state index contributed by atoms with van der Waals surface area (Å²) in [7, 11) is 0. The van der Waals surface area contributed by atoms with Crippen molar-refractivity contribution in [2.24, 2.45) is 0 Å². The molecular formula is C22H20O6. The predicted molar refractivity (Wildman–Crippen MR) is 104 cm³/mol. The maximum Gasteiger partial charge on any atom is 0.339 e. The molecule has 0 radical (unpaired) electrons. The third-order valence-corrected chi connectivity index (χ3v) is 4.92. The fourth-order valence-electron chi connectivity index (χ4n) is 3.60. The number of ether oxygens (including phenoxy) is 2. The summed E-state index contributed by atoms with van der Waals surface area (Å²) in [5.41, 5.74) is 2.28. The minimum atomic E-state index is -1.04. The third kappa shape index (κ3) is 3.58. The number of carboxylic acid groups (broad SMARTS) is 1. The van der Waals surface area contributed by atoms with E-state index in [9.17, 15) is 9.59 Å². The van der Waals surface area contributed by atoms with E-state index >= 15 is 0 Å². The van der Waals surface area contributed by atoms with Gasteiger partial charge in [-0.3, -0.25) is 0 Å². The van der Waals surface area contributed by atoms with Gasteiger partial charge in [0.1, 0.15) is 35.9 Å². The highest BCUT2D eigenvalue weighted by Gasteiger charge is 2.18. The maximum absolute atomic E-state index is 12.2. The number of rotatable bonds is 6. The third-order valence-electron chi connectivity index (χ3n) is 4.92. The molecular weight excluding hydrogens is 360 g/mol. The zero-order chi connectivity index (χ0) is 19.5. The number of hydrogen-bond donors (Lipinski definition) is 1. The Morgan fingerprint density at radius 3 is 2.57 bits per heavy atom. The van der Waals surface area contributed by atoms with Gasteiger partial charge in [0.2, 0.25) is 0 Å². The molecule has 1 aromatic heterocycles. The van der Waals surface area contributed by atoms with Crippen molar-refractivity contribution in [3.05, 3.63) is 69.6 Å². The van der Waals surface area contributed by atoms with E-state index < -0.39 is 5.97 Å². The van der Waals surface area contributed by atoms with Crippen molar-refractivity contribution in [3.8, 4) is 11.5 Å². The Hall–Kier alpha value is -3.28. The number of aromatic carboxylic acids is 1. The molecule has 6 nitrogen and oxygen atoms in total. The van der Waals surface area contributed by atoms with Gasteiger partial charge in [-0.1, -0.05) is 12.1 Å². The van der Waals surface area contributed by atoms with Crippen LogP contribution in [0.5, 0.6) is 11.5 Å². The summed E-state index contributed by atoms with van der Waals surface area (Å²) in [6.45, 7) is 0.422. The summed E-state index contributed by atoms with van der Waals surface area (Å²) in [5, 5.41) is 10.1. The lowest BCUT2D eigenvalue weighted by molar-refractivity contribution is 0.0691. The first-order chi connectivity index (χ1) is 13.6. The largest absolute Gasteiger partial charge is 0.490 e. The molecule has 144 valence electrons. The Kier molecular flexibility index (Phi) is 5.02. The highest BCUT2D eigenvalue weighted by molar-refractivity contribution is 5.90. The lowest BCUT2D eigenvalue weighted by Gasteiger charge is -2.16. The first kappa shape index (κ1) is 18.1. The summed E-state index contributed by atoms with van der Waals surface area (Å²) in [6, 6.07) is 12.0. The van der Waals surface area contributed by atoms with Crippen LogP contribution in [0.25, 0.3) is 11.0 Å². The van der Waals surface area contributed by atoms with E-state index in [-0.39, 0.29) is 24.4 Å². The molecule has 0 spiro atoms. The van der Waals surface area contributed by atoms with Crippen LogP contribution in [0.4, 0.5) is 0 Å². The zero-order valence-corrected chi connectivity index (χ0v) is 15.3. The smallest absolute Gasteiger partial charge is 0.339 e. The predicted octanol–water partition coefficient (Wildman–Crippen LogP) is 3.83. The molecule has 1 aliphatic rings. The lowest BCUT2D eigenvalue weighted by atomic mass is 9.91. The SMILES string of the molecule is O=C(O)c1ccccc1OCCOc1ccc2c3c(c(=O)oc2c1)CCCC3. The van der Waals surface area contributed by atoms with Gasteiger partial charge in [0.05, 0.1) is 0 Å². The van der Waals surface area contributed by atoms with Crippen molar-refractivity contribution in [3.63, 3.8) is 0 Å². The van der Waals surface area contributed by atoms with Crippen molar-refractivity contribution < 1.29 is 23.8 Å². The lowest BCUT2D eigenvalue weighted by Crippen LogP contribution is -2.16. The first-order valence-electron chi connectivity index (χ1n) is 9.30. The molecule has 0 saturated carbocycles. The first-order valence-corrected chi connectivity index (χ1v) is 9.30. The molecule has 0 fully saturated rings. The quantitative estimate of drug-likeness (QED) is 0.517. The topological polar surface area (TPSA) is 86.0 Å². The summed E-state index contributed by atoms with van der Waals surface area (Å²) < 4.78 is 16.7. The molecule has 0 bridgehead atoms. The normalized spacial score (nSPS) is 13.1. The molecule has 0 aliphatic heterocycles. The van der Waals surface area contributed by atoms with Crippen LogP contribution in [0, 0.1) is 0 Å². The van der Waals surface area contributed by atoms with Crippen LogP contribution >= 0.6 is 0 Å². The Labute approximate surface area is 161 Å². The fraction of sp³-hybridized carbons (Fsp3) is 0.273. The van der Waals surface area contributed by atoms with Gasteiger partial charge in [-0.15, -0.1) is 0 Å². The van der Waals surface area contributed by atoms with Crippen LogP contribution in [0.1, 0.15) is 34.3 Å². The monoisotopic (exact) mass is 380 g/mol. The van der Waals surface area contributed by atoms with E-state index in [1.54, 1.807) is 24.3 Å². The molecule has 4 rings (SSSR count). The van der Waals surface area contributed by atoms with E-state index in [0.717, 1.165) is 42.2 Å². The highest BCUT2D eigenvalue weighted by atomic mass is 16.5. The number of benzene rings is 2. The van der Waals surface area contributed by atoms with Gasteiger partial charge >= 0.3 is 11.6 Å². The van der Waals surface area contributed by atoms with Crippen LogP contribution in [-0.2, 0) is 12.8 Å². The Morgan fingerprint density at radius 2 is 1.75 bits per heavy atom. The van der Waals surface area contributed by atoms with Gasteiger partial charge in [0.15, 0.2) is 0 Å². The van der Waals surface area contributed by atoms with E-state index in [1.807, 2.05) is 12.1 Å². The highest BCUT2D eigenvalue weighted by Crippen LogP contribution is 2.29. The van der Waals surface area contributed by atoms with Gasteiger partial charge < -0.3 is 19.0 Å². The minimum absolute atomic E-state index is 0.111. The molecule has 0 saturated heterocycles. The number of aryl methyl sites for hydroxylation is 1. The average Bonchev–Trinajstić information content (AvgIpc) is 2.71. The van der Waals surface area contributed by atoms with Crippen LogP contribution in [0.2, 0.25) is 0 Å². The fourth-order valence-corrected chi connectivity index (χ4v) is 3.60. The number of carbonyl (C=O) groups is 1. The van der Waals surface area contributed by atoms with E-state index in [2.05, 4.69) is 0 Å². The summed E-state index contributed by atoms with van der Waals surface area (Å²) >= 11 is 0. The van der Waals surface area contributed by atoms with Gasteiger partial charge in [0, 0.05) is 17.0 Å². The van der Waals surface area contributed by atoms with E-state index in [1.165, 1.54) is 6.07 Å². The average molecular weight is 380 g/mol. The Bertz CT molecular complexity index is 1080. The van der Waals surface area contributed by atoms with Gasteiger partial charge in [0.25, 0.3) is 0 Å². The molecule has 2 aromatic carbocycles. The van der Waals surface area contributed by atoms with Crippen molar-refractivity contribution in [1.29, 1.82) is 0 Å². The molecule has 3 aromatic rings. The molecule has 0 unspecified atom stereocenters. The molecule has 28 heavy (non-hydrogen) atoms. The molecule has 0 atom stereocenters. The zero-order valence-electron chi connectivity index (χ0n) is 15.3. The van der Waals surface area contributed by atoms with Crippen LogP contribution in [0.15, 0.2) is 51.7 Å². The van der Waals surface area contributed by atoms with Crippen molar-refractivity contribution in [2.75, 3.05) is 13.2 Å². The van der Waals surface area contributed by atoms with Crippen LogP contribution in [-0.4, -0.2) is 24.3 Å². The van der Waals surface area contributed by atoms with Crippen molar-refractivity contribution in [2.45, 2.75) is 25.7 Å². The molecule has 1 aliphatic carbocycles. The van der Waals surface area contributed by atoms with Gasteiger partial charge in [-0.05, 0) is 55.5 Å². The number of hydrogen-bond acceptors (Lipinski definition) is 5. The Morgan fingerprint density at radius 1 is 1.00 bits per heavy atom. The van der Waals surface area contributed by atoms with Crippen LogP contribution in [0.3, 0.4) is 0 Å². The van der Waals surface area contributed by atoms with Gasteiger partial charge in [-0.2, -0.15) is 0 Å². The molecule has 6 heteroatoms. The Balaban J connectivity index is 1.45. The van der Waals surface area contributed by atoms with Crippen molar-refractivity contribution >= 4 is 16.9 Å². The molecule has 1 N–H and O–H groups in total. The molecule has 1 heterocycles. The summed E-state index contributed by atoms with van der Waals surface area (Å²) in [6.07, 6.45) is 3.78. The van der Waals surface area contributed by atoms with Crippen LogP contribution < -0.4 is 15.1 Å². The molecule has 0 amide bonds. The second kappa shape index (κ2) is 7.76. The van der Waals surface area contributed by atoms with Crippen molar-refractivity contribution in [1.82, 2.24) is 0 Å². The second-order valence-electron chi connectivity index (χ2n) is 6.71. The van der Waals surface area contributed by atoms with E-state index in [0.29, 0.717) is 17.1 Å². The van der Waals surface area contributed by atoms with E-state index in [4.69, 9.17) is 19.0 Å². The number of carboxylic acids is 1.